The van der Waals surface area contributed by atoms with Crippen molar-refractivity contribution >= 4 is 0 Å². The average molecular weight is 207 g/mol. The van der Waals surface area contributed by atoms with E-state index in [1.54, 1.807) is 0 Å². The van der Waals surface area contributed by atoms with Crippen molar-refractivity contribution < 1.29 is 13.5 Å². The molecule has 0 radical (unpaired) electrons. The summed E-state index contributed by atoms with van der Waals surface area (Å²) in [6.07, 6.45) is 2.96. The van der Waals surface area contributed by atoms with E-state index in [0.717, 1.165) is 12.1 Å². The highest BCUT2D eigenvalue weighted by Gasteiger charge is 2.10. The smallest absolute Gasteiger partial charge is 0.198 e. The summed E-state index contributed by atoms with van der Waals surface area (Å²) < 4.78 is 31.4. The van der Waals surface area contributed by atoms with E-state index in [4.69, 9.17) is 4.74 Å². The summed E-state index contributed by atoms with van der Waals surface area (Å²) in [7, 11) is 0. The molecule has 0 fully saturated rings. The summed E-state index contributed by atoms with van der Waals surface area (Å²) in [4.78, 5) is 3.76. The number of nitrogens with zero attached hydrogens (tertiary/aromatic N) is 1. The monoisotopic (exact) mass is 207 g/mol. The van der Waals surface area contributed by atoms with E-state index >= 15 is 0 Å². The van der Waals surface area contributed by atoms with Gasteiger partial charge in [-0.3, -0.25) is 4.98 Å². The molecule has 2 rings (SSSR count). The molecule has 0 unspecified atom stereocenters. The van der Waals surface area contributed by atoms with E-state index in [0.29, 0.717) is 5.75 Å². The molecule has 15 heavy (non-hydrogen) atoms. The Hall–Kier alpha value is -1.97. The number of pyridine rings is 1. The van der Waals surface area contributed by atoms with Crippen molar-refractivity contribution in [3.63, 3.8) is 0 Å². The van der Waals surface area contributed by atoms with E-state index in [2.05, 4.69) is 4.98 Å². The minimum Gasteiger partial charge on any atom is -0.451 e. The van der Waals surface area contributed by atoms with Gasteiger partial charge in [0.1, 0.15) is 5.75 Å². The maximum atomic E-state index is 13.2. The SMILES string of the molecule is Fc1cccc(F)c1Oc1ccncc1. The van der Waals surface area contributed by atoms with Gasteiger partial charge in [0.2, 0.25) is 0 Å². The fraction of sp³-hybridized carbons (Fsp3) is 0. The molecule has 0 saturated carbocycles. The molecule has 1 aromatic heterocycles. The van der Waals surface area contributed by atoms with Crippen molar-refractivity contribution in [2.75, 3.05) is 0 Å². The summed E-state index contributed by atoms with van der Waals surface area (Å²) in [6, 6.07) is 6.60. The summed E-state index contributed by atoms with van der Waals surface area (Å²) >= 11 is 0. The lowest BCUT2D eigenvalue weighted by molar-refractivity contribution is 0.407. The Morgan fingerprint density at radius 2 is 1.53 bits per heavy atom. The number of halogens is 2. The van der Waals surface area contributed by atoms with Gasteiger partial charge < -0.3 is 4.74 Å². The predicted molar refractivity (Wildman–Crippen MR) is 50.7 cm³/mol. The lowest BCUT2D eigenvalue weighted by atomic mass is 10.3. The number of hydrogen-bond acceptors (Lipinski definition) is 2. The second kappa shape index (κ2) is 4.04. The van der Waals surface area contributed by atoms with Crippen LogP contribution in [0.1, 0.15) is 0 Å². The van der Waals surface area contributed by atoms with Gasteiger partial charge in [0.15, 0.2) is 17.4 Å². The summed E-state index contributed by atoms with van der Waals surface area (Å²) in [5.74, 6) is -1.52. The van der Waals surface area contributed by atoms with Crippen molar-refractivity contribution in [2.24, 2.45) is 0 Å². The van der Waals surface area contributed by atoms with E-state index in [-0.39, 0.29) is 0 Å². The molecular weight excluding hydrogens is 200 g/mol. The molecule has 0 saturated heterocycles. The first-order chi connectivity index (χ1) is 7.27. The molecule has 2 aromatic rings. The van der Waals surface area contributed by atoms with Crippen molar-refractivity contribution in [3.8, 4) is 11.5 Å². The summed E-state index contributed by atoms with van der Waals surface area (Å²) in [5.41, 5.74) is 0. The molecule has 0 aliphatic heterocycles. The van der Waals surface area contributed by atoms with Gasteiger partial charge >= 0.3 is 0 Å². The summed E-state index contributed by atoms with van der Waals surface area (Å²) in [5, 5.41) is 0. The molecule has 0 spiro atoms. The third-order valence-corrected chi connectivity index (χ3v) is 1.79. The molecule has 76 valence electrons. The zero-order chi connectivity index (χ0) is 10.7. The van der Waals surface area contributed by atoms with Crippen LogP contribution in [-0.2, 0) is 0 Å². The fourth-order valence-electron chi connectivity index (χ4n) is 1.10. The Labute approximate surface area is 85.2 Å². The molecule has 0 amide bonds. The minimum atomic E-state index is -0.730. The largest absolute Gasteiger partial charge is 0.451 e. The van der Waals surface area contributed by atoms with Crippen LogP contribution in [0.4, 0.5) is 8.78 Å². The van der Waals surface area contributed by atoms with E-state index in [9.17, 15) is 8.78 Å². The molecule has 1 aromatic carbocycles. The van der Waals surface area contributed by atoms with E-state index in [1.807, 2.05) is 0 Å². The molecule has 0 N–H and O–H groups in total. The first-order valence-electron chi connectivity index (χ1n) is 4.29. The number of ether oxygens (including phenoxy) is 1. The zero-order valence-electron chi connectivity index (χ0n) is 7.65. The third kappa shape index (κ3) is 2.10. The van der Waals surface area contributed by atoms with Gasteiger partial charge in [-0.2, -0.15) is 0 Å². The number of hydrogen-bond donors (Lipinski definition) is 0. The van der Waals surface area contributed by atoms with Crippen LogP contribution < -0.4 is 4.74 Å². The Morgan fingerprint density at radius 3 is 2.13 bits per heavy atom. The Morgan fingerprint density at radius 1 is 0.933 bits per heavy atom. The maximum absolute atomic E-state index is 13.2. The van der Waals surface area contributed by atoms with E-state index < -0.39 is 17.4 Å². The molecule has 1 heterocycles. The molecule has 2 nitrogen and oxygen atoms in total. The van der Waals surface area contributed by atoms with Crippen LogP contribution in [0.5, 0.6) is 11.5 Å². The van der Waals surface area contributed by atoms with Gasteiger partial charge in [-0.1, -0.05) is 6.07 Å². The second-order valence-corrected chi connectivity index (χ2v) is 2.84. The van der Waals surface area contributed by atoms with Crippen LogP contribution in [0.3, 0.4) is 0 Å². The highest BCUT2D eigenvalue weighted by atomic mass is 19.1. The quantitative estimate of drug-likeness (QED) is 0.754. The van der Waals surface area contributed by atoms with Gasteiger partial charge in [0.25, 0.3) is 0 Å². The number of para-hydroxylation sites is 1. The van der Waals surface area contributed by atoms with Crippen molar-refractivity contribution in [3.05, 3.63) is 54.4 Å². The van der Waals surface area contributed by atoms with Gasteiger partial charge in [0.05, 0.1) is 0 Å². The van der Waals surface area contributed by atoms with Crippen LogP contribution in [-0.4, -0.2) is 4.98 Å². The molecular formula is C11H7F2NO. The number of aromatic nitrogens is 1. The van der Waals surface area contributed by atoms with Crippen LogP contribution >= 0.6 is 0 Å². The number of benzene rings is 1. The Bertz CT molecular complexity index is 439. The maximum Gasteiger partial charge on any atom is 0.198 e. The lowest BCUT2D eigenvalue weighted by Gasteiger charge is -2.06. The van der Waals surface area contributed by atoms with Gasteiger partial charge in [0, 0.05) is 12.4 Å². The highest BCUT2D eigenvalue weighted by molar-refractivity contribution is 5.31. The van der Waals surface area contributed by atoms with E-state index in [1.165, 1.54) is 30.6 Å². The van der Waals surface area contributed by atoms with Crippen molar-refractivity contribution in [2.45, 2.75) is 0 Å². The topological polar surface area (TPSA) is 22.1 Å². The zero-order valence-corrected chi connectivity index (χ0v) is 7.65. The first-order valence-corrected chi connectivity index (χ1v) is 4.29. The summed E-state index contributed by atoms with van der Waals surface area (Å²) in [6.45, 7) is 0. The van der Waals surface area contributed by atoms with Crippen LogP contribution in [0.25, 0.3) is 0 Å². The molecule has 4 heteroatoms. The van der Waals surface area contributed by atoms with Crippen LogP contribution in [0.15, 0.2) is 42.7 Å². The Balaban J connectivity index is 2.32. The third-order valence-electron chi connectivity index (χ3n) is 1.79. The lowest BCUT2D eigenvalue weighted by Crippen LogP contribution is -1.91. The molecule has 0 aliphatic carbocycles. The highest BCUT2D eigenvalue weighted by Crippen LogP contribution is 2.26. The predicted octanol–water partition coefficient (Wildman–Crippen LogP) is 3.15. The molecule has 0 bridgehead atoms. The van der Waals surface area contributed by atoms with Gasteiger partial charge in [-0.25, -0.2) is 8.78 Å². The van der Waals surface area contributed by atoms with Crippen LogP contribution in [0, 0.1) is 11.6 Å². The van der Waals surface area contributed by atoms with Gasteiger partial charge in [-0.15, -0.1) is 0 Å². The second-order valence-electron chi connectivity index (χ2n) is 2.84. The molecule has 0 atom stereocenters. The fourth-order valence-corrected chi connectivity index (χ4v) is 1.10. The Kier molecular flexibility index (Phi) is 2.58. The standard InChI is InChI=1S/C11H7F2NO/c12-9-2-1-3-10(13)11(9)15-8-4-6-14-7-5-8/h1-7H. The number of rotatable bonds is 2. The molecule has 0 aliphatic rings. The first kappa shape index (κ1) is 9.58. The normalized spacial score (nSPS) is 10.0. The minimum absolute atomic E-state index is 0.342. The van der Waals surface area contributed by atoms with Crippen LogP contribution in [0.2, 0.25) is 0 Å². The average Bonchev–Trinajstić information content (AvgIpc) is 2.25. The van der Waals surface area contributed by atoms with Crippen molar-refractivity contribution in [1.82, 2.24) is 4.98 Å². The van der Waals surface area contributed by atoms with Crippen molar-refractivity contribution in [1.29, 1.82) is 0 Å². The van der Waals surface area contributed by atoms with Gasteiger partial charge in [-0.05, 0) is 24.3 Å².